The van der Waals surface area contributed by atoms with Crippen molar-refractivity contribution < 1.29 is 18.7 Å². The van der Waals surface area contributed by atoms with Gasteiger partial charge in [0.15, 0.2) is 11.9 Å². The molecule has 0 aliphatic carbocycles. The predicted octanol–water partition coefficient (Wildman–Crippen LogP) is 2.12. The average Bonchev–Trinajstić information content (AvgIpc) is 3.03. The van der Waals surface area contributed by atoms with Gasteiger partial charge in [-0.15, -0.1) is 0 Å². The number of nitrogens with one attached hydrogen (secondary N) is 2. The number of hydrogen-bond donors (Lipinski definition) is 2. The SMILES string of the molecule is Cc1cccc(OC(C)C(=O)NNC(=O)c2ccco2)c1C. The molecule has 2 N–H and O–H groups in total. The molecule has 0 spiro atoms. The minimum absolute atomic E-state index is 0.114. The van der Waals surface area contributed by atoms with Gasteiger partial charge in [0.25, 0.3) is 5.91 Å². The molecule has 116 valence electrons. The summed E-state index contributed by atoms with van der Waals surface area (Å²) in [6.45, 7) is 5.50. The maximum atomic E-state index is 11.9. The standard InChI is InChI=1S/C16H18N2O4/c1-10-6-4-7-13(11(10)2)22-12(3)15(19)17-18-16(20)14-8-5-9-21-14/h4-9,12H,1-3H3,(H,17,19)(H,18,20). The van der Waals surface area contributed by atoms with E-state index in [0.717, 1.165) is 11.1 Å². The Morgan fingerprint density at radius 2 is 1.91 bits per heavy atom. The Hall–Kier alpha value is -2.76. The summed E-state index contributed by atoms with van der Waals surface area (Å²) < 4.78 is 10.5. The van der Waals surface area contributed by atoms with Crippen LogP contribution in [0.1, 0.15) is 28.6 Å². The van der Waals surface area contributed by atoms with Crippen LogP contribution < -0.4 is 15.6 Å². The lowest BCUT2D eigenvalue weighted by atomic mass is 10.1. The molecule has 6 heteroatoms. The van der Waals surface area contributed by atoms with Crippen LogP contribution in [-0.2, 0) is 4.79 Å². The number of ether oxygens (including phenoxy) is 1. The van der Waals surface area contributed by atoms with E-state index in [1.807, 2.05) is 26.0 Å². The number of furan rings is 1. The minimum Gasteiger partial charge on any atom is -0.481 e. The highest BCUT2D eigenvalue weighted by Crippen LogP contribution is 2.21. The normalized spacial score (nSPS) is 11.6. The number of aryl methyl sites for hydroxylation is 1. The molecule has 1 atom stereocenters. The lowest BCUT2D eigenvalue weighted by Gasteiger charge is -2.17. The van der Waals surface area contributed by atoms with Crippen molar-refractivity contribution in [3.05, 3.63) is 53.5 Å². The molecule has 22 heavy (non-hydrogen) atoms. The van der Waals surface area contributed by atoms with Gasteiger partial charge < -0.3 is 9.15 Å². The molecule has 1 aromatic carbocycles. The van der Waals surface area contributed by atoms with Crippen molar-refractivity contribution in [3.8, 4) is 5.75 Å². The molecule has 2 rings (SSSR count). The van der Waals surface area contributed by atoms with Crippen molar-refractivity contribution in [3.63, 3.8) is 0 Å². The average molecular weight is 302 g/mol. The molecule has 1 aromatic heterocycles. The van der Waals surface area contributed by atoms with Gasteiger partial charge in [-0.25, -0.2) is 0 Å². The third-order valence-electron chi connectivity index (χ3n) is 3.27. The second-order valence-corrected chi connectivity index (χ2v) is 4.88. The molecule has 0 saturated carbocycles. The van der Waals surface area contributed by atoms with E-state index in [2.05, 4.69) is 10.9 Å². The third-order valence-corrected chi connectivity index (χ3v) is 3.27. The van der Waals surface area contributed by atoms with Crippen LogP contribution >= 0.6 is 0 Å². The summed E-state index contributed by atoms with van der Waals surface area (Å²) in [5.74, 6) is -0.235. The van der Waals surface area contributed by atoms with Crippen LogP contribution in [0.15, 0.2) is 41.0 Å². The summed E-state index contributed by atoms with van der Waals surface area (Å²) in [5.41, 5.74) is 6.62. The summed E-state index contributed by atoms with van der Waals surface area (Å²) in [6.07, 6.45) is 0.626. The first kappa shape index (κ1) is 15.6. The maximum absolute atomic E-state index is 11.9. The molecule has 2 aromatic rings. The van der Waals surface area contributed by atoms with Crippen LogP contribution in [0.2, 0.25) is 0 Å². The van der Waals surface area contributed by atoms with Gasteiger partial charge in [-0.2, -0.15) is 0 Å². The highest BCUT2D eigenvalue weighted by atomic mass is 16.5. The predicted molar refractivity (Wildman–Crippen MR) is 80.3 cm³/mol. The topological polar surface area (TPSA) is 80.6 Å². The summed E-state index contributed by atoms with van der Waals surface area (Å²) in [6, 6.07) is 8.71. The number of amides is 2. The van der Waals surface area contributed by atoms with E-state index in [-0.39, 0.29) is 5.76 Å². The molecule has 0 fully saturated rings. The summed E-state index contributed by atoms with van der Waals surface area (Å²) in [7, 11) is 0. The largest absolute Gasteiger partial charge is 0.481 e. The van der Waals surface area contributed by atoms with Crippen LogP contribution in [0, 0.1) is 13.8 Å². The fourth-order valence-electron chi connectivity index (χ4n) is 1.79. The first-order valence-corrected chi connectivity index (χ1v) is 6.85. The number of carbonyl (C=O) groups is 2. The van der Waals surface area contributed by atoms with Gasteiger partial charge in [0.2, 0.25) is 0 Å². The smallest absolute Gasteiger partial charge is 0.305 e. The van der Waals surface area contributed by atoms with Gasteiger partial charge in [0.05, 0.1) is 6.26 Å². The Balaban J connectivity index is 1.89. The Kier molecular flexibility index (Phi) is 4.83. The van der Waals surface area contributed by atoms with E-state index in [1.54, 1.807) is 19.1 Å². The molecule has 0 radical (unpaired) electrons. The number of hydrazine groups is 1. The van der Waals surface area contributed by atoms with E-state index < -0.39 is 17.9 Å². The number of benzene rings is 1. The number of carbonyl (C=O) groups excluding carboxylic acids is 2. The molecule has 0 aliphatic heterocycles. The van der Waals surface area contributed by atoms with E-state index in [9.17, 15) is 9.59 Å². The van der Waals surface area contributed by atoms with Crippen LogP contribution in [0.25, 0.3) is 0 Å². The Labute approximate surface area is 128 Å². The monoisotopic (exact) mass is 302 g/mol. The van der Waals surface area contributed by atoms with E-state index in [4.69, 9.17) is 9.15 Å². The maximum Gasteiger partial charge on any atom is 0.305 e. The second kappa shape index (κ2) is 6.80. The highest BCUT2D eigenvalue weighted by molar-refractivity contribution is 5.93. The van der Waals surface area contributed by atoms with Crippen molar-refractivity contribution in [1.82, 2.24) is 10.9 Å². The zero-order valence-electron chi connectivity index (χ0n) is 12.7. The first-order valence-electron chi connectivity index (χ1n) is 6.85. The van der Waals surface area contributed by atoms with Crippen molar-refractivity contribution in [2.75, 3.05) is 0 Å². The molecule has 1 heterocycles. The van der Waals surface area contributed by atoms with Crippen molar-refractivity contribution in [2.45, 2.75) is 26.9 Å². The molecule has 2 amide bonds. The van der Waals surface area contributed by atoms with Gasteiger partial charge in [0, 0.05) is 0 Å². The van der Waals surface area contributed by atoms with Crippen molar-refractivity contribution in [1.29, 1.82) is 0 Å². The van der Waals surface area contributed by atoms with Crippen LogP contribution in [0.4, 0.5) is 0 Å². The summed E-state index contributed by atoms with van der Waals surface area (Å²) in [4.78, 5) is 23.6. The Morgan fingerprint density at radius 3 is 2.59 bits per heavy atom. The lowest BCUT2D eigenvalue weighted by Crippen LogP contribution is -2.47. The van der Waals surface area contributed by atoms with Crippen molar-refractivity contribution in [2.24, 2.45) is 0 Å². The van der Waals surface area contributed by atoms with Crippen molar-refractivity contribution >= 4 is 11.8 Å². The van der Waals surface area contributed by atoms with E-state index in [1.165, 1.54) is 12.3 Å². The summed E-state index contributed by atoms with van der Waals surface area (Å²) >= 11 is 0. The number of hydrogen-bond acceptors (Lipinski definition) is 4. The Morgan fingerprint density at radius 1 is 1.14 bits per heavy atom. The quantitative estimate of drug-likeness (QED) is 0.848. The third kappa shape index (κ3) is 3.66. The molecule has 0 bridgehead atoms. The molecular formula is C16H18N2O4. The molecular weight excluding hydrogens is 284 g/mol. The zero-order chi connectivity index (χ0) is 16.1. The fraction of sp³-hybridized carbons (Fsp3) is 0.250. The van der Waals surface area contributed by atoms with E-state index in [0.29, 0.717) is 5.75 Å². The van der Waals surface area contributed by atoms with Gasteiger partial charge in [-0.3, -0.25) is 20.4 Å². The summed E-state index contributed by atoms with van der Waals surface area (Å²) in [5, 5.41) is 0. The van der Waals surface area contributed by atoms with Crippen LogP contribution in [0.3, 0.4) is 0 Å². The van der Waals surface area contributed by atoms with E-state index >= 15 is 0 Å². The lowest BCUT2D eigenvalue weighted by molar-refractivity contribution is -0.128. The highest BCUT2D eigenvalue weighted by Gasteiger charge is 2.17. The van der Waals surface area contributed by atoms with Gasteiger partial charge in [-0.05, 0) is 50.1 Å². The number of rotatable bonds is 4. The zero-order valence-corrected chi connectivity index (χ0v) is 12.7. The van der Waals surface area contributed by atoms with Crippen LogP contribution in [-0.4, -0.2) is 17.9 Å². The van der Waals surface area contributed by atoms with Gasteiger partial charge in [-0.1, -0.05) is 12.1 Å². The molecule has 6 nitrogen and oxygen atoms in total. The van der Waals surface area contributed by atoms with Crippen LogP contribution in [0.5, 0.6) is 5.75 Å². The van der Waals surface area contributed by atoms with Gasteiger partial charge >= 0.3 is 5.91 Å². The first-order chi connectivity index (χ1) is 10.5. The van der Waals surface area contributed by atoms with Gasteiger partial charge in [0.1, 0.15) is 5.75 Å². The minimum atomic E-state index is -0.752. The fourth-order valence-corrected chi connectivity index (χ4v) is 1.79. The Bertz CT molecular complexity index is 665. The molecule has 0 saturated heterocycles. The second-order valence-electron chi connectivity index (χ2n) is 4.88. The molecule has 0 aliphatic rings. The molecule has 1 unspecified atom stereocenters.